The number of amides is 2. The van der Waals surface area contributed by atoms with Crippen LogP contribution in [0, 0.1) is 0 Å². The summed E-state index contributed by atoms with van der Waals surface area (Å²) in [6, 6.07) is 27.6. The summed E-state index contributed by atoms with van der Waals surface area (Å²) in [6.45, 7) is 0. The predicted octanol–water partition coefficient (Wildman–Crippen LogP) is 3.97. The fourth-order valence-corrected chi connectivity index (χ4v) is 3.44. The van der Waals surface area contributed by atoms with Crippen LogP contribution >= 0.6 is 0 Å². The average molecular weight is 466 g/mol. The highest BCUT2D eigenvalue weighted by atomic mass is 16.2. The van der Waals surface area contributed by atoms with Gasteiger partial charge in [0.05, 0.1) is 0 Å². The molecule has 0 saturated carbocycles. The van der Waals surface area contributed by atoms with Crippen molar-refractivity contribution in [2.24, 2.45) is 5.73 Å². The molecule has 3 aromatic carbocycles. The van der Waals surface area contributed by atoms with Gasteiger partial charge in [0.25, 0.3) is 11.8 Å². The van der Waals surface area contributed by atoms with Gasteiger partial charge in [-0.15, -0.1) is 0 Å². The number of nitrogens with zero attached hydrogens (tertiary/aromatic N) is 1. The number of benzene rings is 4. The Balaban J connectivity index is 0.000000165. The van der Waals surface area contributed by atoms with Gasteiger partial charge in [0.1, 0.15) is 0 Å². The lowest BCUT2D eigenvalue weighted by Crippen LogP contribution is -2.13. The quantitative estimate of drug-likeness (QED) is 0.297. The molecule has 7 N–H and O–H groups in total. The van der Waals surface area contributed by atoms with Gasteiger partial charge in [-0.3, -0.25) is 19.0 Å². The second-order valence-corrected chi connectivity index (χ2v) is 7.80. The molecule has 0 atom stereocenters. The van der Waals surface area contributed by atoms with Crippen molar-refractivity contribution in [1.82, 2.24) is 4.57 Å². The summed E-state index contributed by atoms with van der Waals surface area (Å²) in [6.07, 6.45) is 0. The lowest BCUT2D eigenvalue weighted by Gasteiger charge is -2.05. The van der Waals surface area contributed by atoms with Gasteiger partial charge in [-0.2, -0.15) is 0 Å². The van der Waals surface area contributed by atoms with E-state index in [-0.39, 0.29) is 11.8 Å². The molecule has 5 aromatic rings. The highest BCUT2D eigenvalue weighted by Crippen LogP contribution is 2.19. The summed E-state index contributed by atoms with van der Waals surface area (Å²) in [5, 5.41) is 2.77. The highest BCUT2D eigenvalue weighted by molar-refractivity contribution is 6.05. The van der Waals surface area contributed by atoms with Crippen molar-refractivity contribution in [3.63, 3.8) is 0 Å². The Morgan fingerprint density at radius 2 is 1.00 bits per heavy atom. The highest BCUT2D eigenvalue weighted by Gasteiger charge is 2.14. The number of fused-ring (bicyclic) bond motifs is 2. The second-order valence-electron chi connectivity index (χ2n) is 7.80. The molecule has 2 amide bonds. The first-order valence-electron chi connectivity index (χ1n) is 10.7. The van der Waals surface area contributed by atoms with E-state index in [2.05, 4.69) is 5.32 Å². The molecule has 8 heteroatoms. The van der Waals surface area contributed by atoms with E-state index in [1.165, 1.54) is 0 Å². The Labute approximate surface area is 201 Å². The molecule has 0 saturated heterocycles. The van der Waals surface area contributed by atoms with Gasteiger partial charge in [0, 0.05) is 44.8 Å². The summed E-state index contributed by atoms with van der Waals surface area (Å²) >= 11 is 0. The third-order valence-electron chi connectivity index (χ3n) is 5.33. The molecule has 5 rings (SSSR count). The van der Waals surface area contributed by atoms with E-state index in [0.29, 0.717) is 33.8 Å². The molecule has 35 heavy (non-hydrogen) atoms. The zero-order chi connectivity index (χ0) is 24.9. The maximum Gasteiger partial charge on any atom is 0.262 e. The van der Waals surface area contributed by atoms with Crippen molar-refractivity contribution in [2.75, 3.05) is 16.8 Å². The van der Waals surface area contributed by atoms with E-state index in [1.807, 2.05) is 24.3 Å². The average Bonchev–Trinajstić information content (AvgIpc) is 3.46. The molecule has 0 spiro atoms. The van der Waals surface area contributed by atoms with E-state index >= 15 is 0 Å². The molecule has 2 bridgehead atoms. The zero-order valence-corrected chi connectivity index (χ0v) is 18.6. The summed E-state index contributed by atoms with van der Waals surface area (Å²) < 4.78 is 1.64. The van der Waals surface area contributed by atoms with Crippen LogP contribution in [0.2, 0.25) is 0 Å². The third kappa shape index (κ3) is 5.28. The molecule has 2 heterocycles. The summed E-state index contributed by atoms with van der Waals surface area (Å²) in [4.78, 5) is 35.1. The van der Waals surface area contributed by atoms with E-state index < -0.39 is 5.91 Å². The van der Waals surface area contributed by atoms with Crippen LogP contribution in [0.1, 0.15) is 31.1 Å². The number of primary amides is 1. The van der Waals surface area contributed by atoms with Crippen LogP contribution in [0.3, 0.4) is 0 Å². The van der Waals surface area contributed by atoms with Gasteiger partial charge in [-0.1, -0.05) is 0 Å². The van der Waals surface area contributed by atoms with E-state index in [0.717, 1.165) is 11.0 Å². The molecule has 8 nitrogen and oxygen atoms in total. The van der Waals surface area contributed by atoms with Gasteiger partial charge in [-0.05, 0) is 97.1 Å². The van der Waals surface area contributed by atoms with Gasteiger partial charge in [0.15, 0.2) is 0 Å². The summed E-state index contributed by atoms with van der Waals surface area (Å²) in [5.41, 5.74) is 21.5. The third-order valence-corrected chi connectivity index (χ3v) is 5.33. The van der Waals surface area contributed by atoms with Crippen LogP contribution in [0.4, 0.5) is 17.1 Å². The molecule has 0 aliphatic carbocycles. The first-order valence-corrected chi connectivity index (χ1v) is 10.7. The van der Waals surface area contributed by atoms with Gasteiger partial charge >= 0.3 is 0 Å². The minimum Gasteiger partial charge on any atom is -0.399 e. The largest absolute Gasteiger partial charge is 0.399 e. The summed E-state index contributed by atoms with van der Waals surface area (Å²) in [5.74, 6) is -0.775. The standard InChI is InChI=1S/C14H10N2O2.C13H13N3O/c15-13(17)9-1-3-10(4-2-9)14(18)16-11-5-6-12(16)8-7-11;14-10-3-1-9(2-4-10)13(17)16-12-7-5-11(15)6-8-12/h1-8H,(H2,15,17);1-8H,14-15H2,(H,16,17). The first kappa shape index (κ1) is 23.1. The predicted molar refractivity (Wildman–Crippen MR) is 137 cm³/mol. The van der Waals surface area contributed by atoms with Crippen molar-refractivity contribution in [1.29, 1.82) is 0 Å². The van der Waals surface area contributed by atoms with Crippen LogP contribution in [-0.4, -0.2) is 22.3 Å². The molecule has 174 valence electrons. The summed E-state index contributed by atoms with van der Waals surface area (Å²) in [7, 11) is 0. The molecule has 0 radical (unpaired) electrons. The number of nitrogens with one attached hydrogen (secondary N) is 1. The molecule has 2 aromatic heterocycles. The Bertz CT molecular complexity index is 1420. The zero-order valence-electron chi connectivity index (χ0n) is 18.6. The van der Waals surface area contributed by atoms with Crippen LogP contribution in [0.5, 0.6) is 0 Å². The maximum absolute atomic E-state index is 12.3. The number of carbonyl (C=O) groups is 3. The molecular weight excluding hydrogens is 442 g/mol. The minimum absolute atomic E-state index is 0.106. The molecular formula is C27H23N5O3. The Kier molecular flexibility index (Phi) is 6.46. The number of aromatic nitrogens is 1. The van der Waals surface area contributed by atoms with Crippen molar-refractivity contribution in [3.8, 4) is 0 Å². The lowest BCUT2D eigenvalue weighted by atomic mass is 10.1. The van der Waals surface area contributed by atoms with Gasteiger partial charge < -0.3 is 22.5 Å². The number of anilines is 3. The van der Waals surface area contributed by atoms with Crippen LogP contribution < -0.4 is 22.5 Å². The SMILES string of the molecule is NC(=O)c1ccc(C(=O)n2c3ccc2cc3)cc1.Nc1ccc(NC(=O)c2ccc(N)cc2)cc1. The molecule has 0 aliphatic rings. The molecule has 0 aliphatic heterocycles. The monoisotopic (exact) mass is 465 g/mol. The number of hydrogen-bond acceptors (Lipinski definition) is 5. The van der Waals surface area contributed by atoms with Crippen LogP contribution in [0.25, 0.3) is 11.0 Å². The number of nitrogen functional groups attached to an aromatic ring is 2. The van der Waals surface area contributed by atoms with Gasteiger partial charge in [0.2, 0.25) is 5.91 Å². The van der Waals surface area contributed by atoms with E-state index in [9.17, 15) is 14.4 Å². The van der Waals surface area contributed by atoms with Gasteiger partial charge in [-0.25, -0.2) is 0 Å². The second kappa shape index (κ2) is 9.80. The molecule has 0 unspecified atom stereocenters. The Morgan fingerprint density at radius 1 is 0.571 bits per heavy atom. The van der Waals surface area contributed by atoms with Crippen molar-refractivity contribution in [2.45, 2.75) is 0 Å². The van der Waals surface area contributed by atoms with Crippen molar-refractivity contribution >= 4 is 45.8 Å². The smallest absolute Gasteiger partial charge is 0.262 e. The van der Waals surface area contributed by atoms with Crippen LogP contribution in [-0.2, 0) is 0 Å². The van der Waals surface area contributed by atoms with E-state index in [1.54, 1.807) is 77.4 Å². The molecule has 0 fully saturated rings. The van der Waals surface area contributed by atoms with E-state index in [4.69, 9.17) is 17.2 Å². The Morgan fingerprint density at radius 3 is 1.49 bits per heavy atom. The first-order chi connectivity index (χ1) is 16.8. The lowest BCUT2D eigenvalue weighted by molar-refractivity contribution is 0.0965. The Hall–Kier alpha value is -5.11. The topological polar surface area (TPSA) is 146 Å². The number of nitrogens with two attached hydrogens (primary N) is 3. The van der Waals surface area contributed by atoms with Crippen LogP contribution in [0.15, 0.2) is 97.1 Å². The fraction of sp³-hybridized carbons (Fsp3) is 0. The van der Waals surface area contributed by atoms with Crippen molar-refractivity contribution < 1.29 is 14.4 Å². The fourth-order valence-electron chi connectivity index (χ4n) is 3.44. The number of hydrogen-bond donors (Lipinski definition) is 4. The number of rotatable bonds is 4. The normalized spacial score (nSPS) is 10.4. The minimum atomic E-state index is -0.498. The maximum atomic E-state index is 12.3. The number of carbonyl (C=O) groups excluding carboxylic acids is 3. The van der Waals surface area contributed by atoms with Crippen molar-refractivity contribution in [3.05, 3.63) is 114 Å².